The normalized spacial score (nSPS) is 22.5. The predicted molar refractivity (Wildman–Crippen MR) is 96.1 cm³/mol. The monoisotopic (exact) mass is 335 g/mol. The summed E-state index contributed by atoms with van der Waals surface area (Å²) < 4.78 is 28.7. The van der Waals surface area contributed by atoms with Crippen molar-refractivity contribution < 1.29 is 8.42 Å². The fraction of sp³-hybridized carbons (Fsp3) is 0.579. The van der Waals surface area contributed by atoms with Gasteiger partial charge >= 0.3 is 0 Å². The maximum absolute atomic E-state index is 13.5. The summed E-state index contributed by atoms with van der Waals surface area (Å²) in [5, 5.41) is 0. The lowest BCUT2D eigenvalue weighted by atomic mass is 10.1. The van der Waals surface area contributed by atoms with Crippen LogP contribution in [0.2, 0.25) is 0 Å². The van der Waals surface area contributed by atoms with Gasteiger partial charge in [0.1, 0.15) is 0 Å². The number of hydrogen-bond acceptors (Lipinski definition) is 2. The fourth-order valence-corrected chi connectivity index (χ4v) is 6.04. The lowest BCUT2D eigenvalue weighted by Crippen LogP contribution is -2.46. The van der Waals surface area contributed by atoms with Gasteiger partial charge in [0.2, 0.25) is 10.0 Å². The van der Waals surface area contributed by atoms with E-state index in [4.69, 9.17) is 0 Å². The molecule has 1 aliphatic rings. The number of benzene rings is 1. The zero-order valence-corrected chi connectivity index (χ0v) is 16.1. The molecule has 23 heavy (non-hydrogen) atoms. The molecule has 0 spiro atoms. The second-order valence-electron chi connectivity index (χ2n) is 7.42. The Morgan fingerprint density at radius 1 is 0.870 bits per heavy atom. The highest BCUT2D eigenvalue weighted by atomic mass is 32.2. The van der Waals surface area contributed by atoms with E-state index in [0.717, 1.165) is 16.7 Å². The highest BCUT2D eigenvalue weighted by Crippen LogP contribution is 2.35. The van der Waals surface area contributed by atoms with Crippen molar-refractivity contribution in [3.05, 3.63) is 41.0 Å². The van der Waals surface area contributed by atoms with Gasteiger partial charge in [-0.25, -0.2) is 8.42 Å². The minimum Gasteiger partial charge on any atom is -0.207 e. The molecule has 4 heteroatoms. The molecule has 0 aromatic heterocycles. The van der Waals surface area contributed by atoms with Crippen LogP contribution in [0.5, 0.6) is 0 Å². The first kappa shape index (κ1) is 18.2. The third-order valence-electron chi connectivity index (χ3n) is 4.60. The van der Waals surface area contributed by atoms with Crippen LogP contribution < -0.4 is 0 Å². The molecule has 0 aliphatic carbocycles. The minimum absolute atomic E-state index is 0.0764. The molecule has 2 rings (SSSR count). The lowest BCUT2D eigenvalue weighted by Gasteiger charge is -2.34. The summed E-state index contributed by atoms with van der Waals surface area (Å²) in [6, 6.07) is 3.76. The predicted octanol–water partition coefficient (Wildman–Crippen LogP) is 4.22. The van der Waals surface area contributed by atoms with Gasteiger partial charge in [0.15, 0.2) is 0 Å². The van der Waals surface area contributed by atoms with E-state index in [0.29, 0.717) is 4.90 Å². The number of hydrogen-bond donors (Lipinski definition) is 0. The van der Waals surface area contributed by atoms with Crippen LogP contribution in [-0.4, -0.2) is 24.8 Å². The molecule has 1 aromatic carbocycles. The molecular weight excluding hydrogens is 306 g/mol. The Balaban J connectivity index is 2.61. The molecule has 0 unspecified atom stereocenters. The van der Waals surface area contributed by atoms with E-state index in [9.17, 15) is 8.42 Å². The van der Waals surface area contributed by atoms with E-state index in [1.165, 1.54) is 0 Å². The van der Waals surface area contributed by atoms with Crippen LogP contribution >= 0.6 is 0 Å². The van der Waals surface area contributed by atoms with Crippen LogP contribution in [0.15, 0.2) is 29.2 Å². The zero-order valence-electron chi connectivity index (χ0n) is 15.3. The number of rotatable bonds is 4. The van der Waals surface area contributed by atoms with Crippen molar-refractivity contribution >= 4 is 10.0 Å². The topological polar surface area (TPSA) is 37.4 Å². The van der Waals surface area contributed by atoms with E-state index < -0.39 is 10.0 Å². The van der Waals surface area contributed by atoms with Crippen molar-refractivity contribution in [2.75, 3.05) is 0 Å². The van der Waals surface area contributed by atoms with E-state index >= 15 is 0 Å². The molecule has 0 bridgehead atoms. The molecule has 1 aromatic rings. The first-order valence-corrected chi connectivity index (χ1v) is 9.81. The molecule has 0 saturated heterocycles. The molecule has 0 saturated carbocycles. The average Bonchev–Trinajstić information content (AvgIpc) is 2.82. The SMILES string of the molecule is Cc1cc(C)c(S(=O)(=O)N2[C@@H](C(C)C)C=C[C@H]2C(C)C)c(C)c1. The molecule has 3 nitrogen and oxygen atoms in total. The van der Waals surface area contributed by atoms with E-state index in [1.807, 2.05) is 32.9 Å². The second kappa shape index (κ2) is 6.40. The largest absolute Gasteiger partial charge is 0.244 e. The van der Waals surface area contributed by atoms with Gasteiger partial charge < -0.3 is 0 Å². The van der Waals surface area contributed by atoms with Crippen LogP contribution in [0.4, 0.5) is 0 Å². The van der Waals surface area contributed by atoms with Crippen LogP contribution in [0.25, 0.3) is 0 Å². The van der Waals surface area contributed by atoms with Gasteiger partial charge in [0.25, 0.3) is 0 Å². The van der Waals surface area contributed by atoms with Crippen LogP contribution in [0.3, 0.4) is 0 Å². The van der Waals surface area contributed by atoms with Crippen molar-refractivity contribution in [1.82, 2.24) is 4.31 Å². The molecular formula is C19H29NO2S. The van der Waals surface area contributed by atoms with E-state index in [-0.39, 0.29) is 23.9 Å². The molecule has 0 amide bonds. The minimum atomic E-state index is -3.53. The molecule has 0 radical (unpaired) electrons. The number of sulfonamides is 1. The van der Waals surface area contributed by atoms with Crippen molar-refractivity contribution in [3.63, 3.8) is 0 Å². The number of aryl methyl sites for hydroxylation is 3. The molecule has 128 valence electrons. The summed E-state index contributed by atoms with van der Waals surface area (Å²) in [7, 11) is -3.53. The Labute approximate surface area is 141 Å². The molecule has 2 atom stereocenters. The van der Waals surface area contributed by atoms with E-state index in [1.54, 1.807) is 4.31 Å². The van der Waals surface area contributed by atoms with Gasteiger partial charge in [0, 0.05) is 12.1 Å². The van der Waals surface area contributed by atoms with Crippen molar-refractivity contribution in [3.8, 4) is 0 Å². The Hall–Kier alpha value is -1.13. The Bertz CT molecular complexity index is 676. The van der Waals surface area contributed by atoms with Crippen LogP contribution in [0, 0.1) is 32.6 Å². The first-order chi connectivity index (χ1) is 10.6. The van der Waals surface area contributed by atoms with Gasteiger partial charge in [-0.05, 0) is 43.7 Å². The van der Waals surface area contributed by atoms with Gasteiger partial charge in [-0.2, -0.15) is 4.31 Å². The summed E-state index contributed by atoms with van der Waals surface area (Å²) in [6.45, 7) is 14.1. The van der Waals surface area contributed by atoms with Crippen LogP contribution in [-0.2, 0) is 10.0 Å². The highest BCUT2D eigenvalue weighted by molar-refractivity contribution is 7.89. The van der Waals surface area contributed by atoms with Gasteiger partial charge in [-0.15, -0.1) is 0 Å². The molecule has 0 N–H and O–H groups in total. The number of nitrogens with zero attached hydrogens (tertiary/aromatic N) is 1. The third kappa shape index (κ3) is 3.24. The summed E-state index contributed by atoms with van der Waals surface area (Å²) >= 11 is 0. The maximum Gasteiger partial charge on any atom is 0.244 e. The Kier molecular flexibility index (Phi) is 5.07. The summed E-state index contributed by atoms with van der Waals surface area (Å²) in [5.41, 5.74) is 2.76. The smallest absolute Gasteiger partial charge is 0.207 e. The molecule has 1 aliphatic heterocycles. The maximum atomic E-state index is 13.5. The van der Waals surface area contributed by atoms with Crippen molar-refractivity contribution in [2.24, 2.45) is 11.8 Å². The highest BCUT2D eigenvalue weighted by Gasteiger charge is 2.42. The fourth-order valence-electron chi connectivity index (χ4n) is 3.63. The van der Waals surface area contributed by atoms with Crippen molar-refractivity contribution in [1.29, 1.82) is 0 Å². The summed E-state index contributed by atoms with van der Waals surface area (Å²) in [4.78, 5) is 0.475. The summed E-state index contributed by atoms with van der Waals surface area (Å²) in [5.74, 6) is 0.492. The quantitative estimate of drug-likeness (QED) is 0.773. The average molecular weight is 336 g/mol. The van der Waals surface area contributed by atoms with Gasteiger partial charge in [-0.3, -0.25) is 0 Å². The lowest BCUT2D eigenvalue weighted by molar-refractivity contribution is 0.252. The van der Waals surface area contributed by atoms with Gasteiger partial charge in [0.05, 0.1) is 4.90 Å². The molecule has 0 fully saturated rings. The standard InChI is InChI=1S/C19H29NO2S/c1-12(2)17-8-9-18(13(3)4)20(17)23(21,22)19-15(6)10-14(5)11-16(19)7/h8-13,17-18H,1-7H3/t17-,18+. The van der Waals surface area contributed by atoms with Crippen LogP contribution in [0.1, 0.15) is 44.4 Å². The van der Waals surface area contributed by atoms with Gasteiger partial charge in [-0.1, -0.05) is 57.5 Å². The third-order valence-corrected chi connectivity index (χ3v) is 6.80. The summed E-state index contributed by atoms with van der Waals surface area (Å²) in [6.07, 6.45) is 4.12. The second-order valence-corrected chi connectivity index (χ2v) is 9.20. The first-order valence-electron chi connectivity index (χ1n) is 8.37. The van der Waals surface area contributed by atoms with E-state index in [2.05, 4.69) is 39.8 Å². The van der Waals surface area contributed by atoms with Crippen molar-refractivity contribution in [2.45, 2.75) is 65.4 Å². The Morgan fingerprint density at radius 2 is 1.26 bits per heavy atom. The molecule has 1 heterocycles. The zero-order chi connectivity index (χ0) is 17.5. The Morgan fingerprint density at radius 3 is 1.61 bits per heavy atom.